The second-order valence-electron chi connectivity index (χ2n) is 5.59. The monoisotopic (exact) mass is 368 g/mol. The fraction of sp³-hybridized carbons (Fsp3) is 0.238. The molecule has 0 aliphatic heterocycles. The number of nitrogens with one attached hydrogen (secondary N) is 1. The molecule has 0 unspecified atom stereocenters. The molecule has 2 aromatic carbocycles. The van der Waals surface area contributed by atoms with Crippen molar-refractivity contribution in [1.82, 2.24) is 0 Å². The molecule has 0 aliphatic carbocycles. The number of amides is 1. The van der Waals surface area contributed by atoms with Crippen molar-refractivity contribution in [2.24, 2.45) is 0 Å². The van der Waals surface area contributed by atoms with Crippen LogP contribution in [-0.2, 0) is 4.79 Å². The summed E-state index contributed by atoms with van der Waals surface area (Å²) in [4.78, 5) is 12.4. The Kier molecular flexibility index (Phi) is 7.38. The molecule has 0 spiro atoms. The van der Waals surface area contributed by atoms with Crippen molar-refractivity contribution in [3.63, 3.8) is 0 Å². The zero-order valence-corrected chi connectivity index (χ0v) is 15.3. The van der Waals surface area contributed by atoms with Crippen molar-refractivity contribution in [1.29, 1.82) is 5.26 Å². The zero-order valence-electron chi connectivity index (χ0n) is 15.3. The Hall–Kier alpha value is -3.33. The predicted octanol–water partition coefficient (Wildman–Crippen LogP) is 4.56. The van der Waals surface area contributed by atoms with Crippen molar-refractivity contribution in [2.75, 3.05) is 18.5 Å². The van der Waals surface area contributed by atoms with Gasteiger partial charge in [-0.15, -0.1) is 0 Å². The van der Waals surface area contributed by atoms with Gasteiger partial charge in [0.2, 0.25) is 0 Å². The van der Waals surface area contributed by atoms with Crippen LogP contribution in [0.15, 0.2) is 48.0 Å². The van der Waals surface area contributed by atoms with E-state index in [4.69, 9.17) is 9.47 Å². The molecule has 0 radical (unpaired) electrons. The van der Waals surface area contributed by atoms with E-state index in [1.807, 2.05) is 19.9 Å². The summed E-state index contributed by atoms with van der Waals surface area (Å²) in [7, 11) is 0. The standard InChI is InChI=1S/C21H21FN2O3/c1-3-12-27-20-15(6-5-7-19(20)26-4-2)13-16(14-23)21(25)24-18-10-8-17(22)9-11-18/h5-11,13H,3-4,12H2,1-2H3,(H,24,25)/b16-13+. The normalized spacial score (nSPS) is 10.8. The number of benzene rings is 2. The Morgan fingerprint density at radius 2 is 1.93 bits per heavy atom. The number of carbonyl (C=O) groups excluding carboxylic acids is 1. The Bertz CT molecular complexity index is 855. The van der Waals surface area contributed by atoms with E-state index in [9.17, 15) is 14.4 Å². The maximum absolute atomic E-state index is 13.0. The lowest BCUT2D eigenvalue weighted by molar-refractivity contribution is -0.112. The average molecular weight is 368 g/mol. The second kappa shape index (κ2) is 9.97. The first-order valence-corrected chi connectivity index (χ1v) is 8.66. The lowest BCUT2D eigenvalue weighted by Crippen LogP contribution is -2.13. The van der Waals surface area contributed by atoms with Crippen LogP contribution in [0.4, 0.5) is 10.1 Å². The molecular weight excluding hydrogens is 347 g/mol. The summed E-state index contributed by atoms with van der Waals surface area (Å²) in [5, 5.41) is 12.0. The summed E-state index contributed by atoms with van der Waals surface area (Å²) in [5.41, 5.74) is 0.864. The molecule has 0 aromatic heterocycles. The van der Waals surface area contributed by atoms with Gasteiger partial charge in [-0.05, 0) is 49.8 Å². The van der Waals surface area contributed by atoms with Crippen LogP contribution >= 0.6 is 0 Å². The largest absolute Gasteiger partial charge is 0.490 e. The molecule has 27 heavy (non-hydrogen) atoms. The number of nitriles is 1. The number of ether oxygens (including phenoxy) is 2. The SMILES string of the molecule is CCCOc1c(/C=C(\C#N)C(=O)Nc2ccc(F)cc2)cccc1OCC. The smallest absolute Gasteiger partial charge is 0.266 e. The van der Waals surface area contributed by atoms with Gasteiger partial charge in [-0.2, -0.15) is 5.26 Å². The summed E-state index contributed by atoms with van der Waals surface area (Å²) in [6.07, 6.45) is 2.26. The third-order valence-corrected chi connectivity index (χ3v) is 3.53. The van der Waals surface area contributed by atoms with E-state index in [1.54, 1.807) is 18.2 Å². The molecule has 5 nitrogen and oxygen atoms in total. The summed E-state index contributed by atoms with van der Waals surface area (Å²) < 4.78 is 24.3. The second-order valence-corrected chi connectivity index (χ2v) is 5.59. The van der Waals surface area contributed by atoms with Gasteiger partial charge in [0.05, 0.1) is 13.2 Å². The van der Waals surface area contributed by atoms with Gasteiger partial charge in [0.15, 0.2) is 11.5 Å². The summed E-state index contributed by atoms with van der Waals surface area (Å²) in [6, 6.07) is 12.5. The maximum atomic E-state index is 13.0. The highest BCUT2D eigenvalue weighted by atomic mass is 19.1. The number of hydrogen-bond donors (Lipinski definition) is 1. The van der Waals surface area contributed by atoms with E-state index >= 15 is 0 Å². The van der Waals surface area contributed by atoms with Gasteiger partial charge in [-0.25, -0.2) is 4.39 Å². The number of halogens is 1. The number of nitrogens with zero attached hydrogens (tertiary/aromatic N) is 1. The molecule has 1 N–H and O–H groups in total. The van der Waals surface area contributed by atoms with Crippen LogP contribution in [0, 0.1) is 17.1 Å². The number of rotatable bonds is 8. The van der Waals surface area contributed by atoms with Gasteiger partial charge < -0.3 is 14.8 Å². The fourth-order valence-electron chi connectivity index (χ4n) is 2.31. The van der Waals surface area contributed by atoms with Crippen LogP contribution in [0.25, 0.3) is 6.08 Å². The first-order chi connectivity index (χ1) is 13.1. The van der Waals surface area contributed by atoms with Crippen LogP contribution in [0.5, 0.6) is 11.5 Å². The first kappa shape index (κ1) is 20.0. The Balaban J connectivity index is 2.32. The van der Waals surface area contributed by atoms with Crippen molar-refractivity contribution in [3.05, 3.63) is 59.4 Å². The van der Waals surface area contributed by atoms with Gasteiger partial charge >= 0.3 is 0 Å². The fourth-order valence-corrected chi connectivity index (χ4v) is 2.31. The van der Waals surface area contributed by atoms with E-state index < -0.39 is 11.7 Å². The molecule has 0 fully saturated rings. The zero-order chi connectivity index (χ0) is 19.6. The highest BCUT2D eigenvalue weighted by Crippen LogP contribution is 2.33. The molecule has 0 heterocycles. The first-order valence-electron chi connectivity index (χ1n) is 8.66. The Morgan fingerprint density at radius 3 is 2.56 bits per heavy atom. The number of para-hydroxylation sites is 1. The third kappa shape index (κ3) is 5.58. The van der Waals surface area contributed by atoms with E-state index in [2.05, 4.69) is 5.32 Å². The predicted molar refractivity (Wildman–Crippen MR) is 102 cm³/mol. The quantitative estimate of drug-likeness (QED) is 0.548. The lowest BCUT2D eigenvalue weighted by Gasteiger charge is -2.14. The lowest BCUT2D eigenvalue weighted by atomic mass is 10.1. The van der Waals surface area contributed by atoms with Crippen LogP contribution in [-0.4, -0.2) is 19.1 Å². The molecule has 2 aromatic rings. The van der Waals surface area contributed by atoms with E-state index in [1.165, 1.54) is 30.3 Å². The molecule has 6 heteroatoms. The van der Waals surface area contributed by atoms with Crippen LogP contribution < -0.4 is 14.8 Å². The Labute approximate surface area is 158 Å². The van der Waals surface area contributed by atoms with Gasteiger partial charge in [0.25, 0.3) is 5.91 Å². The van der Waals surface area contributed by atoms with E-state index in [0.717, 1.165) is 6.42 Å². The number of hydrogen-bond acceptors (Lipinski definition) is 4. The van der Waals surface area contributed by atoms with Crippen molar-refractivity contribution >= 4 is 17.7 Å². The highest BCUT2D eigenvalue weighted by Gasteiger charge is 2.14. The molecule has 2 rings (SSSR count). The maximum Gasteiger partial charge on any atom is 0.266 e. The topological polar surface area (TPSA) is 71.3 Å². The van der Waals surface area contributed by atoms with Crippen LogP contribution in [0.2, 0.25) is 0 Å². The average Bonchev–Trinajstić information content (AvgIpc) is 2.67. The van der Waals surface area contributed by atoms with Crippen LogP contribution in [0.3, 0.4) is 0 Å². The molecule has 0 saturated carbocycles. The minimum Gasteiger partial charge on any atom is -0.490 e. The van der Waals surface area contributed by atoms with Crippen molar-refractivity contribution in [3.8, 4) is 17.6 Å². The molecule has 0 atom stereocenters. The van der Waals surface area contributed by atoms with E-state index in [0.29, 0.717) is 36.0 Å². The molecular formula is C21H21FN2O3. The van der Waals surface area contributed by atoms with Crippen molar-refractivity contribution in [2.45, 2.75) is 20.3 Å². The minimum absolute atomic E-state index is 0.102. The van der Waals surface area contributed by atoms with Gasteiger partial charge in [-0.1, -0.05) is 19.1 Å². The van der Waals surface area contributed by atoms with E-state index in [-0.39, 0.29) is 5.57 Å². The molecule has 0 bridgehead atoms. The molecule has 1 amide bonds. The number of carbonyl (C=O) groups is 1. The molecule has 140 valence electrons. The van der Waals surface area contributed by atoms with Gasteiger partial charge in [-0.3, -0.25) is 4.79 Å². The summed E-state index contributed by atoms with van der Waals surface area (Å²) >= 11 is 0. The number of anilines is 1. The highest BCUT2D eigenvalue weighted by molar-refractivity contribution is 6.09. The molecule has 0 saturated heterocycles. The Morgan fingerprint density at radius 1 is 1.19 bits per heavy atom. The summed E-state index contributed by atoms with van der Waals surface area (Å²) in [6.45, 7) is 4.79. The minimum atomic E-state index is -0.590. The molecule has 0 aliphatic rings. The van der Waals surface area contributed by atoms with Gasteiger partial charge in [0, 0.05) is 11.3 Å². The van der Waals surface area contributed by atoms with Crippen molar-refractivity contribution < 1.29 is 18.7 Å². The third-order valence-electron chi connectivity index (χ3n) is 3.53. The van der Waals surface area contributed by atoms with Gasteiger partial charge in [0.1, 0.15) is 17.5 Å². The van der Waals surface area contributed by atoms with Crippen LogP contribution in [0.1, 0.15) is 25.8 Å². The summed E-state index contributed by atoms with van der Waals surface area (Å²) in [5.74, 6) is 0.0429.